The van der Waals surface area contributed by atoms with E-state index < -0.39 is 0 Å². The average Bonchev–Trinajstić information content (AvgIpc) is 3.06. The first kappa shape index (κ1) is 20.3. The van der Waals surface area contributed by atoms with Crippen molar-refractivity contribution in [2.75, 3.05) is 31.5 Å². The minimum Gasteiger partial charge on any atom is -0.343 e. The van der Waals surface area contributed by atoms with Crippen LogP contribution in [-0.2, 0) is 13.0 Å². The van der Waals surface area contributed by atoms with Crippen molar-refractivity contribution in [2.24, 2.45) is 0 Å². The molecule has 1 fully saturated rings. The van der Waals surface area contributed by atoms with Crippen LogP contribution in [0.1, 0.15) is 43.0 Å². The lowest BCUT2D eigenvalue weighted by molar-refractivity contribution is 0.253. The van der Waals surface area contributed by atoms with Gasteiger partial charge in [0.2, 0.25) is 0 Å². The second-order valence-electron chi connectivity index (χ2n) is 7.20. The van der Waals surface area contributed by atoms with Crippen LogP contribution in [-0.4, -0.2) is 41.1 Å². The highest BCUT2D eigenvalue weighted by Gasteiger charge is 2.15. The van der Waals surface area contributed by atoms with Gasteiger partial charge in [0.15, 0.2) is 5.11 Å². The van der Waals surface area contributed by atoms with Crippen molar-refractivity contribution in [1.82, 2.24) is 9.80 Å². The average molecular weight is 402 g/mol. The number of likely N-dealkylation sites (tertiary alicyclic amines) is 1. The van der Waals surface area contributed by atoms with Crippen LogP contribution in [0.15, 0.2) is 41.8 Å². The molecule has 3 rings (SSSR count). The number of benzene rings is 1. The largest absolute Gasteiger partial charge is 0.343 e. The highest BCUT2D eigenvalue weighted by Crippen LogP contribution is 2.18. The summed E-state index contributed by atoms with van der Waals surface area (Å²) in [6.07, 6.45) is 6.42. The summed E-state index contributed by atoms with van der Waals surface area (Å²) in [6.45, 7) is 7.58. The Hall–Kier alpha value is -1.43. The van der Waals surface area contributed by atoms with Crippen LogP contribution in [0, 0.1) is 0 Å². The number of hydrogen-bond acceptors (Lipinski definition) is 3. The van der Waals surface area contributed by atoms with Crippen LogP contribution in [0.2, 0.25) is 0 Å². The summed E-state index contributed by atoms with van der Waals surface area (Å²) in [5, 5.41) is 6.49. The van der Waals surface area contributed by atoms with E-state index in [-0.39, 0.29) is 0 Å². The molecule has 2 heterocycles. The molecule has 0 saturated carbocycles. The van der Waals surface area contributed by atoms with E-state index in [1.165, 1.54) is 49.2 Å². The molecule has 146 valence electrons. The van der Waals surface area contributed by atoms with E-state index in [1.54, 1.807) is 11.3 Å². The molecule has 0 radical (unpaired) electrons. The predicted molar refractivity (Wildman–Crippen MR) is 122 cm³/mol. The molecule has 1 N–H and O–H groups in total. The highest BCUT2D eigenvalue weighted by atomic mass is 32.1. The smallest absolute Gasteiger partial charge is 0.173 e. The van der Waals surface area contributed by atoms with Crippen molar-refractivity contribution >= 4 is 34.4 Å². The summed E-state index contributed by atoms with van der Waals surface area (Å²) >= 11 is 7.64. The lowest BCUT2D eigenvalue weighted by Gasteiger charge is -2.29. The number of para-hydroxylation sites is 1. The number of nitrogens with zero attached hydrogens (tertiary/aromatic N) is 2. The van der Waals surface area contributed by atoms with Crippen molar-refractivity contribution in [3.8, 4) is 0 Å². The van der Waals surface area contributed by atoms with E-state index >= 15 is 0 Å². The van der Waals surface area contributed by atoms with Crippen LogP contribution in [0.5, 0.6) is 0 Å². The van der Waals surface area contributed by atoms with Gasteiger partial charge in [0.1, 0.15) is 0 Å². The summed E-state index contributed by atoms with van der Waals surface area (Å²) in [5.41, 5.74) is 2.44. The zero-order chi connectivity index (χ0) is 18.9. The molecular formula is C22H31N3S2. The number of nitrogens with one attached hydrogen (secondary N) is 1. The second kappa shape index (κ2) is 10.8. The van der Waals surface area contributed by atoms with Gasteiger partial charge in [-0.05, 0) is 67.6 Å². The second-order valence-corrected chi connectivity index (χ2v) is 8.62. The van der Waals surface area contributed by atoms with Gasteiger partial charge >= 0.3 is 0 Å². The maximum atomic E-state index is 5.83. The Morgan fingerprint density at radius 3 is 2.59 bits per heavy atom. The molecule has 0 aliphatic carbocycles. The zero-order valence-corrected chi connectivity index (χ0v) is 18.0. The Labute approximate surface area is 173 Å². The number of thiocarbonyl (C=S) groups is 1. The summed E-state index contributed by atoms with van der Waals surface area (Å²) in [6, 6.07) is 12.8. The van der Waals surface area contributed by atoms with E-state index in [4.69, 9.17) is 12.2 Å². The molecule has 1 aromatic heterocycles. The standard InChI is InChI=1S/C22H31N3S2/c1-2-19-10-5-6-12-21(19)23-22(26)25(18-20-11-9-17-27-20)16-15-24-13-7-3-4-8-14-24/h5-6,9-12,17H,2-4,7-8,13-16,18H2,1H3,(H,23,26). The third-order valence-electron chi connectivity index (χ3n) is 5.24. The molecule has 1 aliphatic rings. The van der Waals surface area contributed by atoms with Gasteiger partial charge in [-0.3, -0.25) is 0 Å². The molecule has 1 aliphatic heterocycles. The first-order valence-electron chi connectivity index (χ1n) is 10.1. The van der Waals surface area contributed by atoms with Crippen molar-refractivity contribution in [1.29, 1.82) is 0 Å². The third kappa shape index (κ3) is 6.30. The molecule has 5 heteroatoms. The van der Waals surface area contributed by atoms with Gasteiger partial charge in [0.05, 0.1) is 6.54 Å². The Bertz CT molecular complexity index is 691. The summed E-state index contributed by atoms with van der Waals surface area (Å²) in [5.74, 6) is 0. The Morgan fingerprint density at radius 2 is 1.89 bits per heavy atom. The fourth-order valence-corrected chi connectivity index (χ4v) is 4.60. The molecule has 2 aromatic rings. The minimum absolute atomic E-state index is 0.833. The number of hydrogen-bond donors (Lipinski definition) is 1. The maximum absolute atomic E-state index is 5.83. The molecule has 0 bridgehead atoms. The van der Waals surface area contributed by atoms with Crippen LogP contribution < -0.4 is 5.32 Å². The summed E-state index contributed by atoms with van der Waals surface area (Å²) in [4.78, 5) is 6.30. The van der Waals surface area contributed by atoms with Crippen LogP contribution in [0.3, 0.4) is 0 Å². The number of rotatable bonds is 7. The van der Waals surface area contributed by atoms with Gasteiger partial charge in [-0.25, -0.2) is 0 Å². The zero-order valence-electron chi connectivity index (χ0n) is 16.3. The quantitative estimate of drug-likeness (QED) is 0.627. The van der Waals surface area contributed by atoms with Gasteiger partial charge in [0.25, 0.3) is 0 Å². The first-order chi connectivity index (χ1) is 13.3. The van der Waals surface area contributed by atoms with E-state index in [9.17, 15) is 0 Å². The molecule has 0 unspecified atom stereocenters. The predicted octanol–water partition coefficient (Wildman–Crippen LogP) is 5.39. The molecule has 0 spiro atoms. The summed E-state index contributed by atoms with van der Waals surface area (Å²) < 4.78 is 0. The van der Waals surface area contributed by atoms with Crippen LogP contribution in [0.25, 0.3) is 0 Å². The first-order valence-corrected chi connectivity index (χ1v) is 11.4. The Morgan fingerprint density at radius 1 is 1.11 bits per heavy atom. The lowest BCUT2D eigenvalue weighted by atomic mass is 10.1. The monoisotopic (exact) mass is 401 g/mol. The Balaban J connectivity index is 1.65. The normalized spacial score (nSPS) is 15.3. The van der Waals surface area contributed by atoms with E-state index in [2.05, 4.69) is 63.8 Å². The molecule has 0 amide bonds. The fourth-order valence-electron chi connectivity index (χ4n) is 3.61. The van der Waals surface area contributed by atoms with Crippen molar-refractivity contribution < 1.29 is 0 Å². The van der Waals surface area contributed by atoms with Gasteiger partial charge in [-0.1, -0.05) is 44.0 Å². The van der Waals surface area contributed by atoms with E-state index in [1.807, 2.05) is 0 Å². The number of thiophene rings is 1. The summed E-state index contributed by atoms with van der Waals surface area (Å²) in [7, 11) is 0. The van der Waals surface area contributed by atoms with Gasteiger partial charge < -0.3 is 15.1 Å². The van der Waals surface area contributed by atoms with Crippen molar-refractivity contribution in [3.05, 3.63) is 52.2 Å². The molecule has 3 nitrogen and oxygen atoms in total. The van der Waals surface area contributed by atoms with E-state index in [0.717, 1.165) is 36.9 Å². The fraction of sp³-hybridized carbons (Fsp3) is 0.500. The molecule has 1 aromatic carbocycles. The maximum Gasteiger partial charge on any atom is 0.173 e. The van der Waals surface area contributed by atoms with Gasteiger partial charge in [-0.15, -0.1) is 11.3 Å². The SMILES string of the molecule is CCc1ccccc1NC(=S)N(CCN1CCCCCC1)Cc1cccs1. The number of aryl methyl sites for hydroxylation is 1. The van der Waals surface area contributed by atoms with E-state index in [0.29, 0.717) is 0 Å². The molecule has 0 atom stereocenters. The van der Waals surface area contributed by atoms with Gasteiger partial charge in [-0.2, -0.15) is 0 Å². The van der Waals surface area contributed by atoms with Crippen LogP contribution in [0.4, 0.5) is 5.69 Å². The van der Waals surface area contributed by atoms with Gasteiger partial charge in [0, 0.05) is 23.7 Å². The van der Waals surface area contributed by atoms with Crippen LogP contribution >= 0.6 is 23.6 Å². The Kier molecular flexibility index (Phi) is 8.11. The topological polar surface area (TPSA) is 18.5 Å². The third-order valence-corrected chi connectivity index (χ3v) is 6.46. The minimum atomic E-state index is 0.833. The lowest BCUT2D eigenvalue weighted by Crippen LogP contribution is -2.40. The number of anilines is 1. The molecular weight excluding hydrogens is 370 g/mol. The molecule has 1 saturated heterocycles. The van der Waals surface area contributed by atoms with Crippen molar-refractivity contribution in [2.45, 2.75) is 45.6 Å². The molecule has 27 heavy (non-hydrogen) atoms. The van der Waals surface area contributed by atoms with Crippen molar-refractivity contribution in [3.63, 3.8) is 0 Å². The highest BCUT2D eigenvalue weighted by molar-refractivity contribution is 7.80.